The molecule has 2 aliphatic heterocycles. The van der Waals surface area contributed by atoms with E-state index in [1.54, 1.807) is 0 Å². The molecule has 64 valence electrons. The maximum Gasteiger partial charge on any atom is 0.0131 e. The molecule has 0 aliphatic carbocycles. The highest BCUT2D eigenvalue weighted by Crippen LogP contribution is 2.51. The van der Waals surface area contributed by atoms with Crippen LogP contribution in [0.3, 0.4) is 0 Å². The van der Waals surface area contributed by atoms with Gasteiger partial charge in [-0.15, -0.1) is 0 Å². The smallest absolute Gasteiger partial charge is 0.0131 e. The topological polar surface area (TPSA) is 52.0 Å². The second-order valence-corrected chi connectivity index (χ2v) is 5.17. The van der Waals surface area contributed by atoms with E-state index in [2.05, 4.69) is 11.8 Å². The van der Waals surface area contributed by atoms with Crippen molar-refractivity contribution in [2.75, 3.05) is 13.1 Å². The van der Waals surface area contributed by atoms with Crippen molar-refractivity contribution in [2.45, 2.75) is 23.3 Å². The van der Waals surface area contributed by atoms with E-state index in [1.807, 2.05) is 0 Å². The third kappa shape index (κ3) is 1.19. The Morgan fingerprint density at radius 2 is 1.64 bits per heavy atom. The van der Waals surface area contributed by atoms with E-state index in [-0.39, 0.29) is 0 Å². The molecule has 2 heterocycles. The van der Waals surface area contributed by atoms with Crippen LogP contribution in [0.4, 0.5) is 0 Å². The van der Waals surface area contributed by atoms with Crippen LogP contribution >= 0.6 is 11.8 Å². The lowest BCUT2D eigenvalue weighted by molar-refractivity contribution is 0.329. The summed E-state index contributed by atoms with van der Waals surface area (Å²) in [5.41, 5.74) is 11.4. The predicted molar refractivity (Wildman–Crippen MR) is 49.5 cm³/mol. The fourth-order valence-corrected chi connectivity index (χ4v) is 4.49. The lowest BCUT2D eigenvalue weighted by atomic mass is 9.81. The van der Waals surface area contributed by atoms with Gasteiger partial charge in [0.05, 0.1) is 0 Å². The zero-order chi connectivity index (χ0) is 7.84. The van der Waals surface area contributed by atoms with Crippen LogP contribution in [0.5, 0.6) is 0 Å². The lowest BCUT2D eigenvalue weighted by Crippen LogP contribution is -2.34. The molecule has 0 radical (unpaired) electrons. The fraction of sp³-hybridized carbons (Fsp3) is 1.00. The van der Waals surface area contributed by atoms with Crippen molar-refractivity contribution in [3.63, 3.8) is 0 Å². The minimum Gasteiger partial charge on any atom is -0.330 e. The Bertz CT molecular complexity index is 137. The summed E-state index contributed by atoms with van der Waals surface area (Å²) in [4.78, 5) is 0. The van der Waals surface area contributed by atoms with Crippen molar-refractivity contribution in [1.82, 2.24) is 0 Å². The van der Waals surface area contributed by atoms with E-state index in [9.17, 15) is 0 Å². The largest absolute Gasteiger partial charge is 0.330 e. The molecule has 11 heavy (non-hydrogen) atoms. The van der Waals surface area contributed by atoms with Crippen molar-refractivity contribution in [3.8, 4) is 0 Å². The number of nitrogens with two attached hydrogens (primary N) is 2. The summed E-state index contributed by atoms with van der Waals surface area (Å²) in [5.74, 6) is 1.54. The average Bonchev–Trinajstić information content (AvgIpc) is 2.60. The first-order valence-corrected chi connectivity index (χ1v) is 5.35. The zero-order valence-corrected chi connectivity index (χ0v) is 7.52. The molecular weight excluding hydrogens is 156 g/mol. The van der Waals surface area contributed by atoms with Gasteiger partial charge in [0.2, 0.25) is 0 Å². The van der Waals surface area contributed by atoms with E-state index in [1.165, 1.54) is 12.8 Å². The highest BCUT2D eigenvalue weighted by Gasteiger charge is 2.45. The molecule has 0 aromatic carbocycles. The molecule has 2 bridgehead atoms. The molecule has 3 heteroatoms. The normalized spacial score (nSPS) is 48.5. The first-order chi connectivity index (χ1) is 5.35. The van der Waals surface area contributed by atoms with Crippen LogP contribution in [0, 0.1) is 11.8 Å². The molecule has 0 amide bonds. The number of fused-ring (bicyclic) bond motifs is 2. The average molecular weight is 172 g/mol. The Balaban J connectivity index is 2.02. The van der Waals surface area contributed by atoms with E-state index >= 15 is 0 Å². The lowest BCUT2D eigenvalue weighted by Gasteiger charge is -2.25. The third-order valence-electron chi connectivity index (χ3n) is 3.02. The van der Waals surface area contributed by atoms with E-state index < -0.39 is 0 Å². The van der Waals surface area contributed by atoms with Crippen LogP contribution < -0.4 is 11.5 Å². The molecule has 4 N–H and O–H groups in total. The minimum atomic E-state index is 0.771. The summed E-state index contributed by atoms with van der Waals surface area (Å²) in [6.45, 7) is 1.73. The van der Waals surface area contributed by atoms with Crippen LogP contribution in [0.2, 0.25) is 0 Å². The molecule has 2 saturated heterocycles. The Labute approximate surface area is 72.1 Å². The zero-order valence-electron chi connectivity index (χ0n) is 6.70. The highest BCUT2D eigenvalue weighted by molar-refractivity contribution is 8.01. The van der Waals surface area contributed by atoms with Gasteiger partial charge in [-0.05, 0) is 37.8 Å². The summed E-state index contributed by atoms with van der Waals surface area (Å²) < 4.78 is 0. The summed E-state index contributed by atoms with van der Waals surface area (Å²) in [6, 6.07) is 0. The summed E-state index contributed by atoms with van der Waals surface area (Å²) in [7, 11) is 0. The van der Waals surface area contributed by atoms with Gasteiger partial charge < -0.3 is 11.5 Å². The van der Waals surface area contributed by atoms with E-state index in [0.717, 1.165) is 35.4 Å². The van der Waals surface area contributed by atoms with Gasteiger partial charge in [0, 0.05) is 10.5 Å². The first-order valence-electron chi connectivity index (χ1n) is 4.40. The van der Waals surface area contributed by atoms with Crippen molar-refractivity contribution in [1.29, 1.82) is 0 Å². The van der Waals surface area contributed by atoms with Gasteiger partial charge in [-0.1, -0.05) is 0 Å². The number of rotatable bonds is 2. The molecule has 0 spiro atoms. The number of hydrogen-bond acceptors (Lipinski definition) is 3. The van der Waals surface area contributed by atoms with Crippen molar-refractivity contribution < 1.29 is 0 Å². The van der Waals surface area contributed by atoms with Crippen molar-refractivity contribution >= 4 is 11.8 Å². The quantitative estimate of drug-likeness (QED) is 0.634. The molecule has 0 saturated carbocycles. The van der Waals surface area contributed by atoms with E-state index in [0.29, 0.717) is 0 Å². The third-order valence-corrected chi connectivity index (χ3v) is 4.87. The molecular formula is C8H16N2S. The van der Waals surface area contributed by atoms with Gasteiger partial charge in [-0.3, -0.25) is 0 Å². The number of hydrogen-bond donors (Lipinski definition) is 2. The Hall–Kier alpha value is 0.270. The molecule has 2 fully saturated rings. The Morgan fingerprint density at radius 3 is 2.00 bits per heavy atom. The first kappa shape index (κ1) is 7.90. The van der Waals surface area contributed by atoms with Crippen LogP contribution in [0.1, 0.15) is 12.8 Å². The van der Waals surface area contributed by atoms with Gasteiger partial charge >= 0.3 is 0 Å². The number of thioether (sulfide) groups is 1. The highest BCUT2D eigenvalue weighted by atomic mass is 32.2. The maximum absolute atomic E-state index is 5.68. The minimum absolute atomic E-state index is 0.771. The summed E-state index contributed by atoms with van der Waals surface area (Å²) in [6.07, 6.45) is 2.70. The molecule has 0 aromatic heterocycles. The van der Waals surface area contributed by atoms with Crippen LogP contribution in [0.15, 0.2) is 0 Å². The summed E-state index contributed by atoms with van der Waals surface area (Å²) >= 11 is 2.14. The van der Waals surface area contributed by atoms with Crippen LogP contribution in [0.25, 0.3) is 0 Å². The van der Waals surface area contributed by atoms with Crippen LogP contribution in [-0.4, -0.2) is 23.6 Å². The molecule has 2 nitrogen and oxygen atoms in total. The summed E-state index contributed by atoms with van der Waals surface area (Å²) in [5, 5.41) is 1.69. The fourth-order valence-electron chi connectivity index (χ4n) is 2.44. The Morgan fingerprint density at radius 1 is 1.09 bits per heavy atom. The SMILES string of the molecule is NCC1CC2CC(CN)C1S2. The van der Waals surface area contributed by atoms with Gasteiger partial charge in [-0.25, -0.2) is 0 Å². The standard InChI is InChI=1S/C8H16N2S/c9-3-5-1-7-2-6(4-10)8(5)11-7/h5-8H,1-4,9-10H2. The van der Waals surface area contributed by atoms with Gasteiger partial charge in [0.15, 0.2) is 0 Å². The second-order valence-electron chi connectivity index (χ2n) is 3.69. The maximum atomic E-state index is 5.68. The van der Waals surface area contributed by atoms with Crippen molar-refractivity contribution in [3.05, 3.63) is 0 Å². The Kier molecular flexibility index (Phi) is 2.12. The molecule has 0 aromatic rings. The van der Waals surface area contributed by atoms with Gasteiger partial charge in [-0.2, -0.15) is 11.8 Å². The van der Waals surface area contributed by atoms with Gasteiger partial charge in [0.1, 0.15) is 0 Å². The van der Waals surface area contributed by atoms with Crippen molar-refractivity contribution in [2.24, 2.45) is 23.3 Å². The monoisotopic (exact) mass is 172 g/mol. The predicted octanol–water partition coefficient (Wildman–Crippen LogP) is 0.414. The molecule has 2 unspecified atom stereocenters. The molecule has 2 rings (SSSR count). The molecule has 2 atom stereocenters. The van der Waals surface area contributed by atoms with Crippen LogP contribution in [-0.2, 0) is 0 Å². The van der Waals surface area contributed by atoms with E-state index in [4.69, 9.17) is 11.5 Å². The van der Waals surface area contributed by atoms with Gasteiger partial charge in [0.25, 0.3) is 0 Å². The second kappa shape index (κ2) is 2.96. The molecule has 2 aliphatic rings.